The van der Waals surface area contributed by atoms with Crippen LogP contribution in [0.5, 0.6) is 11.5 Å². The third-order valence-electron chi connectivity index (χ3n) is 5.62. The van der Waals surface area contributed by atoms with E-state index in [0.29, 0.717) is 31.1 Å². The molecule has 5 nitrogen and oxygen atoms in total. The minimum absolute atomic E-state index is 0.228. The number of nitrogens with one attached hydrogen (secondary N) is 1. The van der Waals surface area contributed by atoms with E-state index in [1.807, 2.05) is 24.3 Å². The number of hydrogen-bond acceptors (Lipinski definition) is 5. The molecule has 1 fully saturated rings. The van der Waals surface area contributed by atoms with Crippen LogP contribution in [0, 0.1) is 5.82 Å². The molecule has 0 unspecified atom stereocenters. The molecule has 1 aliphatic rings. The van der Waals surface area contributed by atoms with E-state index in [1.54, 1.807) is 13.2 Å². The molecule has 0 amide bonds. The van der Waals surface area contributed by atoms with Crippen LogP contribution in [0.25, 0.3) is 0 Å². The molecule has 0 bridgehead atoms. The van der Waals surface area contributed by atoms with Crippen LogP contribution >= 0.6 is 0 Å². The van der Waals surface area contributed by atoms with Crippen molar-refractivity contribution in [1.29, 1.82) is 0 Å². The second kappa shape index (κ2) is 12.6. The highest BCUT2D eigenvalue weighted by Crippen LogP contribution is 2.28. The summed E-state index contributed by atoms with van der Waals surface area (Å²) in [5, 5.41) is 13.8. The molecule has 0 aliphatic carbocycles. The Balaban J connectivity index is 1.49. The lowest BCUT2D eigenvalue weighted by Gasteiger charge is -2.26. The van der Waals surface area contributed by atoms with E-state index in [4.69, 9.17) is 9.47 Å². The molecule has 3 rings (SSSR count). The first-order valence-corrected chi connectivity index (χ1v) is 11.3. The van der Waals surface area contributed by atoms with Crippen LogP contribution in [0.2, 0.25) is 0 Å². The molecule has 0 aromatic heterocycles. The summed E-state index contributed by atoms with van der Waals surface area (Å²) in [6, 6.07) is 12.4. The van der Waals surface area contributed by atoms with E-state index in [-0.39, 0.29) is 12.4 Å². The Morgan fingerprint density at radius 1 is 0.968 bits per heavy atom. The lowest BCUT2D eigenvalue weighted by molar-refractivity contribution is 0.0644. The number of nitrogens with zero attached hydrogens (tertiary/aromatic N) is 1. The molecular formula is C25H35FN2O3. The number of benzene rings is 2. The van der Waals surface area contributed by atoms with Crippen molar-refractivity contribution in [2.75, 3.05) is 33.4 Å². The van der Waals surface area contributed by atoms with Gasteiger partial charge in [-0.15, -0.1) is 0 Å². The van der Waals surface area contributed by atoms with E-state index in [2.05, 4.69) is 10.2 Å². The van der Waals surface area contributed by atoms with Gasteiger partial charge in [-0.1, -0.05) is 37.5 Å². The lowest BCUT2D eigenvalue weighted by Crippen LogP contribution is -2.37. The van der Waals surface area contributed by atoms with E-state index >= 15 is 0 Å². The second-order valence-electron chi connectivity index (χ2n) is 8.25. The number of aliphatic hydroxyl groups is 1. The molecule has 2 N–H and O–H groups in total. The SMILES string of the molecule is COc1ccc(CNCc2cccc(F)c2)cc1OC[C@@H](O)CN1CCCCCCC1. The highest BCUT2D eigenvalue weighted by Gasteiger charge is 2.15. The Morgan fingerprint density at radius 3 is 2.39 bits per heavy atom. The molecule has 0 saturated carbocycles. The molecule has 31 heavy (non-hydrogen) atoms. The normalized spacial score (nSPS) is 16.4. The van der Waals surface area contributed by atoms with E-state index in [9.17, 15) is 9.50 Å². The van der Waals surface area contributed by atoms with Crippen molar-refractivity contribution in [3.63, 3.8) is 0 Å². The van der Waals surface area contributed by atoms with Gasteiger partial charge in [-0.25, -0.2) is 4.39 Å². The summed E-state index contributed by atoms with van der Waals surface area (Å²) in [7, 11) is 1.61. The van der Waals surface area contributed by atoms with Crippen LogP contribution in [0.15, 0.2) is 42.5 Å². The third kappa shape index (κ3) is 8.13. The average molecular weight is 431 g/mol. The van der Waals surface area contributed by atoms with Gasteiger partial charge in [0.1, 0.15) is 18.5 Å². The Kier molecular flexibility index (Phi) is 9.59. The van der Waals surface area contributed by atoms with Gasteiger partial charge in [0, 0.05) is 19.6 Å². The van der Waals surface area contributed by atoms with Gasteiger partial charge in [-0.3, -0.25) is 0 Å². The smallest absolute Gasteiger partial charge is 0.161 e. The molecule has 0 radical (unpaired) electrons. The summed E-state index contributed by atoms with van der Waals surface area (Å²) in [6.07, 6.45) is 5.74. The number of likely N-dealkylation sites (tertiary alicyclic amines) is 1. The zero-order chi connectivity index (χ0) is 21.9. The maximum atomic E-state index is 13.3. The summed E-state index contributed by atoms with van der Waals surface area (Å²) in [5.74, 6) is 1.04. The van der Waals surface area contributed by atoms with Gasteiger partial charge in [0.15, 0.2) is 11.5 Å². The molecule has 1 atom stereocenters. The summed E-state index contributed by atoms with van der Waals surface area (Å²) >= 11 is 0. The van der Waals surface area contributed by atoms with Crippen molar-refractivity contribution in [3.8, 4) is 11.5 Å². The van der Waals surface area contributed by atoms with Crippen LogP contribution < -0.4 is 14.8 Å². The van der Waals surface area contributed by atoms with Crippen molar-refractivity contribution >= 4 is 0 Å². The van der Waals surface area contributed by atoms with Gasteiger partial charge < -0.3 is 24.8 Å². The zero-order valence-electron chi connectivity index (χ0n) is 18.5. The van der Waals surface area contributed by atoms with Gasteiger partial charge in [-0.2, -0.15) is 0 Å². The number of methoxy groups -OCH3 is 1. The number of halogens is 1. The number of ether oxygens (including phenoxy) is 2. The predicted octanol–water partition coefficient (Wildman–Crippen LogP) is 4.13. The van der Waals surface area contributed by atoms with Crippen LogP contribution in [0.3, 0.4) is 0 Å². The highest BCUT2D eigenvalue weighted by molar-refractivity contribution is 5.43. The third-order valence-corrected chi connectivity index (χ3v) is 5.62. The molecule has 6 heteroatoms. The fraction of sp³-hybridized carbons (Fsp3) is 0.520. The average Bonchev–Trinajstić information content (AvgIpc) is 2.74. The number of β-amino-alcohol motifs (C(OH)–C–C–N with tert-alkyl or cyclic N) is 1. The molecule has 1 aliphatic heterocycles. The summed E-state index contributed by atoms with van der Waals surface area (Å²) in [5.41, 5.74) is 1.93. The van der Waals surface area contributed by atoms with E-state index in [0.717, 1.165) is 24.2 Å². The van der Waals surface area contributed by atoms with Crippen molar-refractivity contribution in [2.45, 2.75) is 51.3 Å². The fourth-order valence-electron chi connectivity index (χ4n) is 3.97. The summed E-state index contributed by atoms with van der Waals surface area (Å²) in [4.78, 5) is 2.34. The van der Waals surface area contributed by atoms with Crippen LogP contribution in [-0.2, 0) is 13.1 Å². The minimum Gasteiger partial charge on any atom is -0.493 e. The van der Waals surface area contributed by atoms with Gasteiger partial charge in [-0.05, 0) is 61.3 Å². The monoisotopic (exact) mass is 430 g/mol. The van der Waals surface area contributed by atoms with Crippen molar-refractivity contribution in [2.24, 2.45) is 0 Å². The molecule has 2 aromatic rings. The highest BCUT2D eigenvalue weighted by atomic mass is 19.1. The topological polar surface area (TPSA) is 54.0 Å². The fourth-order valence-corrected chi connectivity index (χ4v) is 3.97. The first-order chi connectivity index (χ1) is 15.1. The quantitative estimate of drug-likeness (QED) is 0.594. The Hall–Kier alpha value is -2.15. The maximum Gasteiger partial charge on any atom is 0.161 e. The number of rotatable bonds is 10. The minimum atomic E-state index is -0.543. The number of aliphatic hydroxyl groups excluding tert-OH is 1. The first-order valence-electron chi connectivity index (χ1n) is 11.3. The van der Waals surface area contributed by atoms with Crippen molar-refractivity contribution in [3.05, 3.63) is 59.4 Å². The Bertz CT molecular complexity index is 794. The van der Waals surface area contributed by atoms with E-state index < -0.39 is 6.10 Å². The van der Waals surface area contributed by atoms with Gasteiger partial charge >= 0.3 is 0 Å². The van der Waals surface area contributed by atoms with Crippen molar-refractivity contribution < 1.29 is 19.0 Å². The number of hydrogen-bond donors (Lipinski definition) is 2. The Labute approximate surface area is 185 Å². The zero-order valence-corrected chi connectivity index (χ0v) is 18.5. The van der Waals surface area contributed by atoms with Gasteiger partial charge in [0.05, 0.1) is 7.11 Å². The molecular weight excluding hydrogens is 395 g/mol. The summed E-state index contributed by atoms with van der Waals surface area (Å²) < 4.78 is 24.7. The molecule has 1 heterocycles. The largest absolute Gasteiger partial charge is 0.493 e. The molecule has 0 spiro atoms. The predicted molar refractivity (Wildman–Crippen MR) is 121 cm³/mol. The summed E-state index contributed by atoms with van der Waals surface area (Å²) in [6.45, 7) is 4.16. The Morgan fingerprint density at radius 2 is 1.68 bits per heavy atom. The lowest BCUT2D eigenvalue weighted by atomic mass is 10.1. The standard InChI is InChI=1S/C25H35FN2O3/c1-30-24-11-10-21(17-27-16-20-8-7-9-22(26)14-20)15-25(24)31-19-23(29)18-28-12-5-3-2-4-6-13-28/h7-11,14-15,23,27,29H,2-6,12-13,16-19H2,1H3/t23-/m0/s1. The van der Waals surface area contributed by atoms with Crippen LogP contribution in [0.4, 0.5) is 4.39 Å². The maximum absolute atomic E-state index is 13.3. The van der Waals surface area contributed by atoms with E-state index in [1.165, 1.54) is 44.2 Å². The second-order valence-corrected chi connectivity index (χ2v) is 8.25. The van der Waals surface area contributed by atoms with Crippen LogP contribution in [-0.4, -0.2) is 49.5 Å². The molecule has 170 valence electrons. The van der Waals surface area contributed by atoms with Crippen LogP contribution in [0.1, 0.15) is 43.2 Å². The van der Waals surface area contributed by atoms with Crippen molar-refractivity contribution in [1.82, 2.24) is 10.2 Å². The molecule has 2 aromatic carbocycles. The molecule has 1 saturated heterocycles. The van der Waals surface area contributed by atoms with Gasteiger partial charge in [0.25, 0.3) is 0 Å². The first kappa shape index (κ1) is 23.5. The van der Waals surface area contributed by atoms with Gasteiger partial charge in [0.2, 0.25) is 0 Å².